The summed E-state index contributed by atoms with van der Waals surface area (Å²) in [6, 6.07) is 14.5. The Morgan fingerprint density at radius 2 is 1.88 bits per heavy atom. The lowest BCUT2D eigenvalue weighted by molar-refractivity contribution is 0.108. The number of benzene rings is 2. The number of rotatable bonds is 3. The van der Waals surface area contributed by atoms with Crippen molar-refractivity contribution < 1.29 is 13.7 Å². The first-order chi connectivity index (χ1) is 12.1. The van der Waals surface area contributed by atoms with Gasteiger partial charge in [0.1, 0.15) is 17.0 Å². The van der Waals surface area contributed by atoms with E-state index in [4.69, 9.17) is 20.5 Å². The first-order valence-electron chi connectivity index (χ1n) is 7.42. The molecule has 4 aromatic rings. The van der Waals surface area contributed by atoms with Gasteiger partial charge in [-0.25, -0.2) is 4.98 Å². The lowest BCUT2D eigenvalue weighted by atomic mass is 10.1. The largest absolute Gasteiger partial charge is 0.431 e. The van der Waals surface area contributed by atoms with Crippen LogP contribution < -0.4 is 0 Å². The Balaban J connectivity index is 1.71. The summed E-state index contributed by atoms with van der Waals surface area (Å²) in [7, 11) is 0. The smallest absolute Gasteiger partial charge is 0.264 e. The third-order valence-electron chi connectivity index (χ3n) is 3.65. The summed E-state index contributed by atoms with van der Waals surface area (Å²) < 4.78 is 10.8. The van der Waals surface area contributed by atoms with E-state index in [2.05, 4.69) is 10.1 Å². The van der Waals surface area contributed by atoms with Gasteiger partial charge in [0.25, 0.3) is 5.22 Å². The van der Waals surface area contributed by atoms with Crippen LogP contribution in [0, 0.1) is 6.92 Å². The van der Waals surface area contributed by atoms with Crippen molar-refractivity contribution in [3.63, 3.8) is 0 Å². The van der Waals surface area contributed by atoms with Crippen molar-refractivity contribution in [3.8, 4) is 11.3 Å². The molecule has 7 heteroatoms. The van der Waals surface area contributed by atoms with E-state index in [-0.39, 0.29) is 10.3 Å². The van der Waals surface area contributed by atoms with E-state index in [1.807, 2.05) is 30.3 Å². The van der Waals surface area contributed by atoms with E-state index in [9.17, 15) is 4.79 Å². The fraction of sp³-hybridized carbons (Fsp3) is 0.0556. The van der Waals surface area contributed by atoms with Crippen molar-refractivity contribution in [2.24, 2.45) is 0 Å². The zero-order valence-corrected chi connectivity index (χ0v) is 14.6. The van der Waals surface area contributed by atoms with Crippen molar-refractivity contribution in [3.05, 3.63) is 64.9 Å². The van der Waals surface area contributed by atoms with E-state index < -0.39 is 0 Å². The number of fused-ring (bicyclic) bond motifs is 1. The number of para-hydroxylation sites is 2. The van der Waals surface area contributed by atoms with E-state index >= 15 is 0 Å². The Kier molecular flexibility index (Phi) is 4.07. The van der Waals surface area contributed by atoms with Crippen LogP contribution in [0.15, 0.2) is 62.7 Å². The number of aromatic nitrogens is 2. The number of hydrogen-bond donors (Lipinski definition) is 0. The SMILES string of the molecule is Cc1onc(-c2ccccc2Cl)c1C(=O)Sc1nc2ccccc2o1. The van der Waals surface area contributed by atoms with Crippen LogP contribution in [0.3, 0.4) is 0 Å². The monoisotopic (exact) mass is 370 g/mol. The molecule has 4 rings (SSSR count). The molecule has 0 aliphatic heterocycles. The van der Waals surface area contributed by atoms with Crippen LogP contribution in [-0.2, 0) is 0 Å². The molecule has 2 aromatic carbocycles. The minimum absolute atomic E-state index is 0.264. The van der Waals surface area contributed by atoms with Gasteiger partial charge >= 0.3 is 0 Å². The summed E-state index contributed by atoms with van der Waals surface area (Å²) in [4.78, 5) is 17.1. The van der Waals surface area contributed by atoms with Crippen molar-refractivity contribution in [1.29, 1.82) is 0 Å². The maximum atomic E-state index is 12.8. The molecule has 25 heavy (non-hydrogen) atoms. The van der Waals surface area contributed by atoms with Gasteiger partial charge in [0.15, 0.2) is 5.58 Å². The predicted molar refractivity (Wildman–Crippen MR) is 95.9 cm³/mol. The lowest BCUT2D eigenvalue weighted by Crippen LogP contribution is -1.97. The Morgan fingerprint density at radius 3 is 2.68 bits per heavy atom. The van der Waals surface area contributed by atoms with Crippen molar-refractivity contribution in [2.45, 2.75) is 12.1 Å². The van der Waals surface area contributed by atoms with Gasteiger partial charge in [-0.05, 0) is 25.1 Å². The Morgan fingerprint density at radius 1 is 1.12 bits per heavy atom. The molecule has 0 atom stereocenters. The fourth-order valence-electron chi connectivity index (χ4n) is 2.47. The number of thioether (sulfide) groups is 1. The summed E-state index contributed by atoms with van der Waals surface area (Å²) in [6.07, 6.45) is 0. The normalized spacial score (nSPS) is 11.1. The minimum Gasteiger partial charge on any atom is -0.431 e. The molecule has 0 aliphatic carbocycles. The van der Waals surface area contributed by atoms with Gasteiger partial charge in [0.2, 0.25) is 5.12 Å². The number of aryl methyl sites for hydroxylation is 1. The van der Waals surface area contributed by atoms with Gasteiger partial charge in [-0.1, -0.05) is 47.1 Å². The average molecular weight is 371 g/mol. The lowest BCUT2D eigenvalue weighted by Gasteiger charge is -2.02. The van der Waals surface area contributed by atoms with Crippen molar-refractivity contribution in [1.82, 2.24) is 10.1 Å². The number of carbonyl (C=O) groups is 1. The molecular weight excluding hydrogens is 360 g/mol. The minimum atomic E-state index is -0.264. The zero-order chi connectivity index (χ0) is 17.4. The highest BCUT2D eigenvalue weighted by Crippen LogP contribution is 2.35. The number of hydrogen-bond acceptors (Lipinski definition) is 6. The van der Waals surface area contributed by atoms with E-state index in [1.165, 1.54) is 0 Å². The van der Waals surface area contributed by atoms with Gasteiger partial charge in [-0.15, -0.1) is 0 Å². The van der Waals surface area contributed by atoms with Crippen LogP contribution in [0.25, 0.3) is 22.4 Å². The second-order valence-corrected chi connectivity index (χ2v) is 6.61. The Hall–Kier alpha value is -2.57. The first kappa shape index (κ1) is 15.9. The Bertz CT molecular complexity index is 1050. The highest BCUT2D eigenvalue weighted by Gasteiger charge is 2.25. The number of carbonyl (C=O) groups excluding carboxylic acids is 1. The van der Waals surface area contributed by atoms with E-state index in [0.717, 1.165) is 11.8 Å². The molecule has 0 fully saturated rings. The molecular formula is C18H11ClN2O3S. The van der Waals surface area contributed by atoms with E-state index in [1.54, 1.807) is 25.1 Å². The van der Waals surface area contributed by atoms with Crippen LogP contribution in [-0.4, -0.2) is 15.3 Å². The van der Waals surface area contributed by atoms with Crippen LogP contribution in [0.2, 0.25) is 5.02 Å². The number of halogens is 1. The molecule has 0 aliphatic rings. The van der Waals surface area contributed by atoms with Gasteiger partial charge < -0.3 is 8.94 Å². The zero-order valence-electron chi connectivity index (χ0n) is 13.0. The molecule has 2 aromatic heterocycles. The molecule has 0 spiro atoms. The van der Waals surface area contributed by atoms with Crippen molar-refractivity contribution >= 4 is 39.6 Å². The quantitative estimate of drug-likeness (QED) is 0.451. The van der Waals surface area contributed by atoms with Gasteiger partial charge in [-0.3, -0.25) is 4.79 Å². The predicted octanol–water partition coefficient (Wildman–Crippen LogP) is 5.38. The third-order valence-corrected chi connectivity index (χ3v) is 4.72. The van der Waals surface area contributed by atoms with Crippen LogP contribution >= 0.6 is 23.4 Å². The molecule has 0 amide bonds. The highest BCUT2D eigenvalue weighted by atomic mass is 35.5. The molecule has 0 N–H and O–H groups in total. The number of nitrogens with zero attached hydrogens (tertiary/aromatic N) is 2. The standard InChI is InChI=1S/C18H11ClN2O3S/c1-10-15(16(21-24-10)11-6-2-3-7-12(11)19)17(22)25-18-20-13-8-4-5-9-14(13)23-18/h2-9H,1H3. The topological polar surface area (TPSA) is 69.1 Å². The summed E-state index contributed by atoms with van der Waals surface area (Å²) in [6.45, 7) is 1.69. The molecule has 124 valence electrons. The summed E-state index contributed by atoms with van der Waals surface area (Å²) in [5.74, 6) is 0.420. The highest BCUT2D eigenvalue weighted by molar-refractivity contribution is 8.14. The molecule has 0 bridgehead atoms. The second-order valence-electron chi connectivity index (χ2n) is 5.28. The van der Waals surface area contributed by atoms with Crippen LogP contribution in [0.4, 0.5) is 0 Å². The van der Waals surface area contributed by atoms with Crippen molar-refractivity contribution in [2.75, 3.05) is 0 Å². The maximum Gasteiger partial charge on any atom is 0.264 e. The second kappa shape index (κ2) is 6.38. The summed E-state index contributed by atoms with van der Waals surface area (Å²) in [5.41, 5.74) is 2.75. The molecule has 0 radical (unpaired) electrons. The number of oxazole rings is 1. The average Bonchev–Trinajstić information content (AvgIpc) is 3.18. The van der Waals surface area contributed by atoms with Crippen LogP contribution in [0.5, 0.6) is 0 Å². The molecule has 5 nitrogen and oxygen atoms in total. The van der Waals surface area contributed by atoms with Gasteiger partial charge in [0, 0.05) is 17.3 Å². The fourth-order valence-corrected chi connectivity index (χ4v) is 3.48. The third kappa shape index (κ3) is 2.94. The summed E-state index contributed by atoms with van der Waals surface area (Å²) in [5, 5.41) is 4.52. The molecule has 0 unspecified atom stereocenters. The molecule has 0 saturated heterocycles. The Labute approximate surface area is 152 Å². The van der Waals surface area contributed by atoms with Gasteiger partial charge in [0.05, 0.1) is 10.6 Å². The van der Waals surface area contributed by atoms with E-state index in [0.29, 0.717) is 38.7 Å². The summed E-state index contributed by atoms with van der Waals surface area (Å²) >= 11 is 7.12. The molecule has 2 heterocycles. The molecule has 0 saturated carbocycles. The van der Waals surface area contributed by atoms with Crippen LogP contribution in [0.1, 0.15) is 16.1 Å². The van der Waals surface area contributed by atoms with Gasteiger partial charge in [-0.2, -0.15) is 0 Å². The maximum absolute atomic E-state index is 12.8. The first-order valence-corrected chi connectivity index (χ1v) is 8.62.